The standard InChI is InChI=1S/C12H16N2O2S/c15-12(16)7-14-8-13(9-17-10-14)6-11-4-2-1-3-5-11/h1-5H,6-10H2,(H,15,16). The summed E-state index contributed by atoms with van der Waals surface area (Å²) in [5.41, 5.74) is 1.27. The van der Waals surface area contributed by atoms with Gasteiger partial charge in [-0.15, -0.1) is 11.8 Å². The molecule has 0 aromatic heterocycles. The van der Waals surface area contributed by atoms with Gasteiger partial charge in [0.15, 0.2) is 0 Å². The first kappa shape index (κ1) is 12.4. The largest absolute Gasteiger partial charge is 0.480 e. The number of carboxylic acids is 1. The lowest BCUT2D eigenvalue weighted by Gasteiger charge is -2.34. The van der Waals surface area contributed by atoms with Crippen molar-refractivity contribution in [1.29, 1.82) is 0 Å². The second kappa shape index (κ2) is 6.05. The minimum atomic E-state index is -0.757. The Morgan fingerprint density at radius 2 is 1.94 bits per heavy atom. The fourth-order valence-corrected chi connectivity index (χ4v) is 2.83. The average Bonchev–Trinajstić information content (AvgIpc) is 2.30. The molecule has 1 fully saturated rings. The van der Waals surface area contributed by atoms with Crippen LogP contribution in [0.3, 0.4) is 0 Å². The molecule has 0 bridgehead atoms. The van der Waals surface area contributed by atoms with Crippen LogP contribution in [-0.2, 0) is 11.3 Å². The Morgan fingerprint density at radius 3 is 2.65 bits per heavy atom. The molecule has 1 aliphatic heterocycles. The average molecular weight is 252 g/mol. The number of hydrogen-bond acceptors (Lipinski definition) is 4. The Kier molecular flexibility index (Phi) is 4.42. The molecule has 1 saturated heterocycles. The molecule has 17 heavy (non-hydrogen) atoms. The van der Waals surface area contributed by atoms with Crippen LogP contribution in [0, 0.1) is 0 Å². The maximum atomic E-state index is 10.7. The summed E-state index contributed by atoms with van der Waals surface area (Å²) in [6, 6.07) is 10.3. The van der Waals surface area contributed by atoms with Crippen molar-refractivity contribution in [2.75, 3.05) is 25.0 Å². The lowest BCUT2D eigenvalue weighted by molar-refractivity contribution is -0.138. The van der Waals surface area contributed by atoms with E-state index < -0.39 is 5.97 Å². The van der Waals surface area contributed by atoms with Crippen molar-refractivity contribution in [2.24, 2.45) is 0 Å². The molecule has 0 amide bonds. The van der Waals surface area contributed by atoms with E-state index in [1.165, 1.54) is 5.56 Å². The molecular weight excluding hydrogens is 236 g/mol. The Morgan fingerprint density at radius 1 is 1.24 bits per heavy atom. The molecule has 1 aromatic carbocycles. The number of carbonyl (C=O) groups is 1. The highest BCUT2D eigenvalue weighted by Crippen LogP contribution is 2.17. The van der Waals surface area contributed by atoms with Crippen molar-refractivity contribution in [1.82, 2.24) is 9.80 Å². The molecular formula is C12H16N2O2S. The smallest absolute Gasteiger partial charge is 0.317 e. The van der Waals surface area contributed by atoms with Crippen LogP contribution < -0.4 is 0 Å². The molecule has 2 rings (SSSR count). The van der Waals surface area contributed by atoms with Gasteiger partial charge in [0.05, 0.1) is 13.2 Å². The van der Waals surface area contributed by atoms with E-state index in [2.05, 4.69) is 17.0 Å². The number of benzene rings is 1. The van der Waals surface area contributed by atoms with Crippen LogP contribution >= 0.6 is 11.8 Å². The molecule has 1 N–H and O–H groups in total. The zero-order valence-corrected chi connectivity index (χ0v) is 10.4. The van der Waals surface area contributed by atoms with Gasteiger partial charge in [-0.1, -0.05) is 30.3 Å². The first-order valence-electron chi connectivity index (χ1n) is 5.52. The van der Waals surface area contributed by atoms with Gasteiger partial charge in [0, 0.05) is 18.3 Å². The highest BCUT2D eigenvalue weighted by molar-refractivity contribution is 7.99. The van der Waals surface area contributed by atoms with Crippen molar-refractivity contribution >= 4 is 17.7 Å². The second-order valence-corrected chi connectivity index (χ2v) is 5.07. The number of rotatable bonds is 4. The summed E-state index contributed by atoms with van der Waals surface area (Å²) in [5, 5.41) is 8.77. The van der Waals surface area contributed by atoms with Crippen LogP contribution in [-0.4, -0.2) is 45.8 Å². The molecule has 92 valence electrons. The van der Waals surface area contributed by atoms with E-state index in [0.29, 0.717) is 0 Å². The molecule has 0 saturated carbocycles. The topological polar surface area (TPSA) is 43.8 Å². The van der Waals surface area contributed by atoms with E-state index in [1.807, 2.05) is 23.1 Å². The zero-order chi connectivity index (χ0) is 12.1. The summed E-state index contributed by atoms with van der Waals surface area (Å²) in [6.07, 6.45) is 0. The summed E-state index contributed by atoms with van der Waals surface area (Å²) in [7, 11) is 0. The van der Waals surface area contributed by atoms with Gasteiger partial charge in [-0.05, 0) is 5.56 Å². The van der Waals surface area contributed by atoms with Crippen molar-refractivity contribution < 1.29 is 9.90 Å². The summed E-state index contributed by atoms with van der Waals surface area (Å²) in [5.74, 6) is 1.01. The minimum absolute atomic E-state index is 0.123. The molecule has 0 radical (unpaired) electrons. The number of nitrogens with zero attached hydrogens (tertiary/aromatic N) is 2. The predicted molar refractivity (Wildman–Crippen MR) is 68.5 cm³/mol. The summed E-state index contributed by atoms with van der Waals surface area (Å²) >= 11 is 1.76. The highest BCUT2D eigenvalue weighted by atomic mass is 32.2. The highest BCUT2D eigenvalue weighted by Gasteiger charge is 2.19. The van der Waals surface area contributed by atoms with Crippen molar-refractivity contribution in [3.8, 4) is 0 Å². The Labute approximate surface area is 105 Å². The summed E-state index contributed by atoms with van der Waals surface area (Å²) in [4.78, 5) is 14.9. The number of carboxylic acid groups (broad SMARTS) is 1. The fraction of sp³-hybridized carbons (Fsp3) is 0.417. The maximum Gasteiger partial charge on any atom is 0.317 e. The van der Waals surface area contributed by atoms with Gasteiger partial charge in [-0.25, -0.2) is 0 Å². The maximum absolute atomic E-state index is 10.7. The SMILES string of the molecule is O=C(O)CN1CSCN(Cc2ccccc2)C1. The quantitative estimate of drug-likeness (QED) is 0.879. The lowest BCUT2D eigenvalue weighted by atomic mass is 10.2. The third-order valence-corrected chi connectivity index (χ3v) is 3.65. The van der Waals surface area contributed by atoms with Gasteiger partial charge in [-0.3, -0.25) is 14.6 Å². The Hall–Kier alpha value is -1.04. The van der Waals surface area contributed by atoms with Crippen LogP contribution in [0.4, 0.5) is 0 Å². The van der Waals surface area contributed by atoms with Crippen molar-refractivity contribution in [3.05, 3.63) is 35.9 Å². The monoisotopic (exact) mass is 252 g/mol. The van der Waals surface area contributed by atoms with Crippen LogP contribution in [0.2, 0.25) is 0 Å². The predicted octanol–water partition coefficient (Wildman–Crippen LogP) is 1.49. The molecule has 0 unspecified atom stereocenters. The lowest BCUT2D eigenvalue weighted by Crippen LogP contribution is -2.43. The summed E-state index contributed by atoms with van der Waals surface area (Å²) in [6.45, 7) is 1.73. The van der Waals surface area contributed by atoms with E-state index in [9.17, 15) is 4.79 Å². The van der Waals surface area contributed by atoms with Gasteiger partial charge in [0.2, 0.25) is 0 Å². The first-order chi connectivity index (χ1) is 8.24. The van der Waals surface area contributed by atoms with Gasteiger partial charge < -0.3 is 5.11 Å². The van der Waals surface area contributed by atoms with Gasteiger partial charge in [0.1, 0.15) is 0 Å². The van der Waals surface area contributed by atoms with Crippen LogP contribution in [0.15, 0.2) is 30.3 Å². The van der Waals surface area contributed by atoms with Crippen LogP contribution in [0.25, 0.3) is 0 Å². The third-order valence-electron chi connectivity index (χ3n) is 2.56. The van der Waals surface area contributed by atoms with E-state index >= 15 is 0 Å². The Bertz CT molecular complexity index is 372. The van der Waals surface area contributed by atoms with Gasteiger partial charge in [-0.2, -0.15) is 0 Å². The first-order valence-corrected chi connectivity index (χ1v) is 6.67. The van der Waals surface area contributed by atoms with E-state index in [1.54, 1.807) is 11.8 Å². The van der Waals surface area contributed by atoms with Crippen molar-refractivity contribution in [2.45, 2.75) is 6.54 Å². The minimum Gasteiger partial charge on any atom is -0.480 e. The Balaban J connectivity index is 1.87. The normalized spacial score (nSPS) is 18.1. The third kappa shape index (κ3) is 4.03. The molecule has 0 atom stereocenters. The fourth-order valence-electron chi connectivity index (χ4n) is 1.89. The van der Waals surface area contributed by atoms with Gasteiger partial charge >= 0.3 is 5.97 Å². The van der Waals surface area contributed by atoms with E-state index in [4.69, 9.17) is 5.11 Å². The number of hydrogen-bond donors (Lipinski definition) is 1. The molecule has 0 spiro atoms. The van der Waals surface area contributed by atoms with Crippen molar-refractivity contribution in [3.63, 3.8) is 0 Å². The number of thioether (sulfide) groups is 1. The molecule has 1 aromatic rings. The zero-order valence-electron chi connectivity index (χ0n) is 9.58. The molecule has 5 heteroatoms. The molecule has 4 nitrogen and oxygen atoms in total. The second-order valence-electron chi connectivity index (χ2n) is 4.14. The number of aliphatic carboxylic acids is 1. The summed E-state index contributed by atoms with van der Waals surface area (Å²) < 4.78 is 0. The van der Waals surface area contributed by atoms with E-state index in [-0.39, 0.29) is 6.54 Å². The molecule has 0 aliphatic carbocycles. The molecule has 1 heterocycles. The van der Waals surface area contributed by atoms with Gasteiger partial charge in [0.25, 0.3) is 0 Å². The van der Waals surface area contributed by atoms with Crippen LogP contribution in [0.1, 0.15) is 5.56 Å². The van der Waals surface area contributed by atoms with E-state index in [0.717, 1.165) is 25.0 Å². The van der Waals surface area contributed by atoms with Crippen LogP contribution in [0.5, 0.6) is 0 Å². The molecule has 1 aliphatic rings.